The van der Waals surface area contributed by atoms with Gasteiger partial charge in [0.15, 0.2) is 0 Å². The minimum Gasteiger partial charge on any atom is -0.492 e. The number of morpholine rings is 1. The third-order valence-electron chi connectivity index (χ3n) is 4.60. The molecule has 0 spiro atoms. The molecule has 0 atom stereocenters. The normalized spacial score (nSPS) is 13.6. The molecule has 1 fully saturated rings. The zero-order valence-electron chi connectivity index (χ0n) is 17.1. The molecule has 1 aliphatic heterocycles. The van der Waals surface area contributed by atoms with E-state index < -0.39 is 5.97 Å². The van der Waals surface area contributed by atoms with Gasteiger partial charge in [-0.2, -0.15) is 0 Å². The van der Waals surface area contributed by atoms with Crippen LogP contribution in [-0.4, -0.2) is 51.4 Å². The summed E-state index contributed by atoms with van der Waals surface area (Å²) >= 11 is 6.18. The van der Waals surface area contributed by atoms with Crippen LogP contribution in [0.3, 0.4) is 0 Å². The number of benzene rings is 2. The maximum absolute atomic E-state index is 12.7. The summed E-state index contributed by atoms with van der Waals surface area (Å²) < 4.78 is 16.0. The van der Waals surface area contributed by atoms with Crippen molar-refractivity contribution in [3.63, 3.8) is 0 Å². The highest BCUT2D eigenvalue weighted by Crippen LogP contribution is 2.28. The van der Waals surface area contributed by atoms with Crippen molar-refractivity contribution in [2.24, 2.45) is 0 Å². The number of ether oxygens (including phenoxy) is 3. The van der Waals surface area contributed by atoms with Crippen molar-refractivity contribution in [3.8, 4) is 5.75 Å². The Morgan fingerprint density at radius 1 is 1.10 bits per heavy atom. The summed E-state index contributed by atoms with van der Waals surface area (Å²) in [4.78, 5) is 27.3. The zero-order valence-corrected chi connectivity index (χ0v) is 17.8. The fourth-order valence-corrected chi connectivity index (χ4v) is 3.42. The first-order chi connectivity index (χ1) is 14.5. The van der Waals surface area contributed by atoms with Crippen LogP contribution in [0, 0.1) is 0 Å². The van der Waals surface area contributed by atoms with Gasteiger partial charge < -0.3 is 24.4 Å². The number of amides is 1. The van der Waals surface area contributed by atoms with E-state index in [9.17, 15) is 9.59 Å². The SMILES string of the molecule is CCOC(=O)c1cc(NC(=O)c2ccc(OCC)c(Cl)c2)ccc1N1CCOCC1. The van der Waals surface area contributed by atoms with Crippen molar-refractivity contribution in [1.29, 1.82) is 0 Å². The monoisotopic (exact) mass is 432 g/mol. The topological polar surface area (TPSA) is 77.1 Å². The minimum absolute atomic E-state index is 0.267. The van der Waals surface area contributed by atoms with Crippen molar-refractivity contribution in [1.82, 2.24) is 0 Å². The van der Waals surface area contributed by atoms with E-state index in [1.807, 2.05) is 13.0 Å². The molecule has 1 N–H and O–H groups in total. The highest BCUT2D eigenvalue weighted by atomic mass is 35.5. The molecular formula is C22H25ClN2O5. The van der Waals surface area contributed by atoms with Gasteiger partial charge in [0.2, 0.25) is 0 Å². The van der Waals surface area contributed by atoms with Crippen LogP contribution < -0.4 is 15.0 Å². The molecule has 8 heteroatoms. The molecule has 7 nitrogen and oxygen atoms in total. The Labute approximate surface area is 180 Å². The van der Waals surface area contributed by atoms with Crippen molar-refractivity contribution in [2.75, 3.05) is 49.7 Å². The number of esters is 1. The Morgan fingerprint density at radius 3 is 2.53 bits per heavy atom. The van der Waals surface area contributed by atoms with Gasteiger partial charge in [0.05, 0.1) is 42.7 Å². The van der Waals surface area contributed by atoms with E-state index in [4.69, 9.17) is 25.8 Å². The van der Waals surface area contributed by atoms with Gasteiger partial charge in [-0.05, 0) is 50.2 Å². The van der Waals surface area contributed by atoms with Crippen LogP contribution in [0.2, 0.25) is 5.02 Å². The van der Waals surface area contributed by atoms with Crippen LogP contribution in [-0.2, 0) is 9.47 Å². The molecule has 1 heterocycles. The first kappa shape index (κ1) is 21.9. The van der Waals surface area contributed by atoms with Gasteiger partial charge >= 0.3 is 5.97 Å². The number of nitrogens with one attached hydrogen (secondary N) is 1. The average molecular weight is 433 g/mol. The Hall–Kier alpha value is -2.77. The Kier molecular flexibility index (Phi) is 7.54. The van der Waals surface area contributed by atoms with Gasteiger partial charge in [0.25, 0.3) is 5.91 Å². The van der Waals surface area contributed by atoms with E-state index in [0.717, 1.165) is 5.69 Å². The van der Waals surface area contributed by atoms with Crippen LogP contribution in [0.15, 0.2) is 36.4 Å². The summed E-state index contributed by atoms with van der Waals surface area (Å²) in [5, 5.41) is 3.18. The van der Waals surface area contributed by atoms with E-state index >= 15 is 0 Å². The lowest BCUT2D eigenvalue weighted by atomic mass is 10.1. The Bertz CT molecular complexity index is 912. The predicted molar refractivity (Wildman–Crippen MR) is 116 cm³/mol. The number of hydrogen-bond acceptors (Lipinski definition) is 6. The first-order valence-corrected chi connectivity index (χ1v) is 10.3. The number of halogens is 1. The fourth-order valence-electron chi connectivity index (χ4n) is 3.18. The quantitative estimate of drug-likeness (QED) is 0.666. The first-order valence-electron chi connectivity index (χ1n) is 9.91. The molecule has 0 aliphatic carbocycles. The molecular weight excluding hydrogens is 408 g/mol. The molecule has 3 rings (SSSR count). The van der Waals surface area contributed by atoms with E-state index in [2.05, 4.69) is 10.2 Å². The standard InChI is InChI=1S/C22H25ClN2O5/c1-3-29-20-8-5-15(13-18(20)23)21(26)24-16-6-7-19(25-9-11-28-12-10-25)17(14-16)22(27)30-4-2/h5-8,13-14H,3-4,9-12H2,1-2H3,(H,24,26). The van der Waals surface area contributed by atoms with Gasteiger partial charge in [-0.25, -0.2) is 4.79 Å². The van der Waals surface area contributed by atoms with Crippen LogP contribution >= 0.6 is 11.6 Å². The van der Waals surface area contributed by atoms with Crippen LogP contribution in [0.5, 0.6) is 5.75 Å². The largest absolute Gasteiger partial charge is 0.492 e. The molecule has 0 bridgehead atoms. The second-order valence-corrected chi connectivity index (χ2v) is 6.99. The summed E-state index contributed by atoms with van der Waals surface area (Å²) in [6.07, 6.45) is 0. The van der Waals surface area contributed by atoms with E-state index in [1.54, 1.807) is 37.3 Å². The molecule has 0 radical (unpaired) electrons. The molecule has 1 saturated heterocycles. The molecule has 0 saturated carbocycles. The smallest absolute Gasteiger partial charge is 0.340 e. The number of hydrogen-bond donors (Lipinski definition) is 1. The van der Waals surface area contributed by atoms with E-state index in [-0.39, 0.29) is 12.5 Å². The maximum atomic E-state index is 12.7. The van der Waals surface area contributed by atoms with Gasteiger partial charge in [0.1, 0.15) is 5.75 Å². The molecule has 0 aromatic heterocycles. The Balaban J connectivity index is 1.83. The summed E-state index contributed by atoms with van der Waals surface area (Å²) in [5.41, 5.74) is 2.05. The summed E-state index contributed by atoms with van der Waals surface area (Å²) in [6, 6.07) is 10.1. The highest BCUT2D eigenvalue weighted by molar-refractivity contribution is 6.32. The van der Waals surface area contributed by atoms with Gasteiger partial charge in [-0.3, -0.25) is 4.79 Å². The average Bonchev–Trinajstić information content (AvgIpc) is 2.76. The summed E-state index contributed by atoms with van der Waals surface area (Å²) in [7, 11) is 0. The number of rotatable bonds is 7. The minimum atomic E-state index is -0.431. The molecule has 1 amide bonds. The zero-order chi connectivity index (χ0) is 21.5. The summed E-state index contributed by atoms with van der Waals surface area (Å²) in [5.74, 6) is -0.247. The van der Waals surface area contributed by atoms with Crippen molar-refractivity contribution in [3.05, 3.63) is 52.5 Å². The number of nitrogens with zero attached hydrogens (tertiary/aromatic N) is 1. The fraction of sp³-hybridized carbons (Fsp3) is 0.364. The third-order valence-corrected chi connectivity index (χ3v) is 4.89. The third kappa shape index (κ3) is 5.23. The van der Waals surface area contributed by atoms with Crippen LogP contribution in [0.25, 0.3) is 0 Å². The lowest BCUT2D eigenvalue weighted by Gasteiger charge is -2.30. The summed E-state index contributed by atoms with van der Waals surface area (Å²) in [6.45, 7) is 6.93. The van der Waals surface area contributed by atoms with E-state index in [1.165, 1.54) is 0 Å². The lowest BCUT2D eigenvalue weighted by molar-refractivity contribution is 0.0526. The maximum Gasteiger partial charge on any atom is 0.340 e. The molecule has 30 heavy (non-hydrogen) atoms. The van der Waals surface area contributed by atoms with Gasteiger partial charge in [-0.1, -0.05) is 11.6 Å². The molecule has 2 aromatic carbocycles. The van der Waals surface area contributed by atoms with Crippen molar-refractivity contribution in [2.45, 2.75) is 13.8 Å². The van der Waals surface area contributed by atoms with Crippen molar-refractivity contribution >= 4 is 34.9 Å². The van der Waals surface area contributed by atoms with E-state index in [0.29, 0.717) is 60.5 Å². The molecule has 2 aromatic rings. The van der Waals surface area contributed by atoms with Gasteiger partial charge in [0, 0.05) is 24.3 Å². The number of carbonyl (C=O) groups excluding carboxylic acids is 2. The molecule has 160 valence electrons. The predicted octanol–water partition coefficient (Wildman–Crippen LogP) is 4.00. The number of carbonyl (C=O) groups is 2. The van der Waals surface area contributed by atoms with Crippen molar-refractivity contribution < 1.29 is 23.8 Å². The van der Waals surface area contributed by atoms with Crippen LogP contribution in [0.4, 0.5) is 11.4 Å². The number of anilines is 2. The second-order valence-electron chi connectivity index (χ2n) is 6.58. The molecule has 1 aliphatic rings. The Morgan fingerprint density at radius 2 is 1.87 bits per heavy atom. The molecule has 0 unspecified atom stereocenters. The second kappa shape index (κ2) is 10.3. The van der Waals surface area contributed by atoms with Gasteiger partial charge in [-0.15, -0.1) is 0 Å². The lowest BCUT2D eigenvalue weighted by Crippen LogP contribution is -2.37. The highest BCUT2D eigenvalue weighted by Gasteiger charge is 2.21. The van der Waals surface area contributed by atoms with Crippen LogP contribution in [0.1, 0.15) is 34.6 Å².